The molecule has 0 heterocycles. The Morgan fingerprint density at radius 2 is 1.40 bits per heavy atom. The molecule has 0 bridgehead atoms. The zero-order valence-corrected chi connectivity index (χ0v) is 17.0. The lowest BCUT2D eigenvalue weighted by Gasteiger charge is -2.11. The summed E-state index contributed by atoms with van der Waals surface area (Å²) in [5, 5.41) is 33.9. The maximum absolute atomic E-state index is 12.0. The van der Waals surface area contributed by atoms with E-state index in [-0.39, 0.29) is 55.0 Å². The third-order valence-corrected chi connectivity index (χ3v) is 4.38. The number of hydrogen-bond acceptors (Lipinski definition) is 6. The van der Waals surface area contributed by atoms with Crippen LogP contribution in [-0.2, 0) is 22.7 Å². The smallest absolute Gasteiger partial charge is 0.220 e. The van der Waals surface area contributed by atoms with Gasteiger partial charge in [0.15, 0.2) is 23.0 Å². The number of carbonyl (C=O) groups is 2. The second-order valence-electron chi connectivity index (χ2n) is 6.88. The van der Waals surface area contributed by atoms with Crippen molar-refractivity contribution in [2.24, 2.45) is 0 Å². The monoisotopic (exact) mass is 416 g/mol. The van der Waals surface area contributed by atoms with Crippen molar-refractivity contribution in [3.8, 4) is 23.0 Å². The topological polar surface area (TPSA) is 128 Å². The predicted octanol–water partition coefficient (Wildman–Crippen LogP) is 2.70. The van der Waals surface area contributed by atoms with Gasteiger partial charge in [-0.15, -0.1) is 0 Å². The molecule has 0 saturated carbocycles. The van der Waals surface area contributed by atoms with Crippen molar-refractivity contribution in [1.82, 2.24) is 10.6 Å². The summed E-state index contributed by atoms with van der Waals surface area (Å²) in [7, 11) is 0. The molecule has 0 aliphatic rings. The Morgan fingerprint density at radius 3 is 1.97 bits per heavy atom. The van der Waals surface area contributed by atoms with E-state index in [1.807, 2.05) is 6.92 Å². The Hall–Kier alpha value is -3.42. The summed E-state index contributed by atoms with van der Waals surface area (Å²) >= 11 is 0. The summed E-state index contributed by atoms with van der Waals surface area (Å²) in [5.74, 6) is -0.609. The second kappa shape index (κ2) is 11.5. The summed E-state index contributed by atoms with van der Waals surface area (Å²) in [4.78, 5) is 23.9. The van der Waals surface area contributed by atoms with E-state index in [4.69, 9.17) is 4.74 Å². The lowest BCUT2D eigenvalue weighted by atomic mass is 10.2. The molecule has 162 valence electrons. The molecule has 8 heteroatoms. The number of amides is 2. The number of ether oxygens (including phenoxy) is 1. The van der Waals surface area contributed by atoms with Gasteiger partial charge in [0.2, 0.25) is 11.8 Å². The molecule has 2 aromatic rings. The van der Waals surface area contributed by atoms with Gasteiger partial charge in [0, 0.05) is 25.9 Å². The number of nitrogens with one attached hydrogen (secondary N) is 2. The van der Waals surface area contributed by atoms with Gasteiger partial charge < -0.3 is 30.7 Å². The van der Waals surface area contributed by atoms with Crippen LogP contribution in [-0.4, -0.2) is 33.7 Å². The van der Waals surface area contributed by atoms with Gasteiger partial charge >= 0.3 is 0 Å². The Labute approximate surface area is 175 Å². The molecule has 0 spiro atoms. The van der Waals surface area contributed by atoms with E-state index in [1.54, 1.807) is 18.2 Å². The Balaban J connectivity index is 1.72. The first kappa shape index (κ1) is 22.9. The molecule has 5 N–H and O–H groups in total. The lowest BCUT2D eigenvalue weighted by molar-refractivity contribution is -0.126. The van der Waals surface area contributed by atoms with Gasteiger partial charge in [-0.2, -0.15) is 0 Å². The van der Waals surface area contributed by atoms with Crippen LogP contribution in [0, 0.1) is 0 Å². The second-order valence-corrected chi connectivity index (χ2v) is 6.88. The molecule has 2 amide bonds. The molecule has 8 nitrogen and oxygen atoms in total. The zero-order chi connectivity index (χ0) is 21.9. The normalized spacial score (nSPS) is 10.4. The van der Waals surface area contributed by atoms with Gasteiger partial charge in [-0.05, 0) is 41.8 Å². The molecule has 0 atom stereocenters. The van der Waals surface area contributed by atoms with Gasteiger partial charge in [-0.3, -0.25) is 9.59 Å². The average Bonchev–Trinajstić information content (AvgIpc) is 2.73. The Bertz CT molecular complexity index is 869. The highest BCUT2D eigenvalue weighted by Crippen LogP contribution is 2.27. The number of rotatable bonds is 11. The molecular weight excluding hydrogens is 388 g/mol. The fraction of sp³-hybridized carbons (Fsp3) is 0.364. The van der Waals surface area contributed by atoms with E-state index in [2.05, 4.69) is 10.6 Å². The Morgan fingerprint density at radius 1 is 0.833 bits per heavy atom. The number of carbonyl (C=O) groups excluding carboxylic acids is 2. The lowest BCUT2D eigenvalue weighted by Crippen LogP contribution is -2.27. The highest BCUT2D eigenvalue weighted by atomic mass is 16.5. The summed E-state index contributed by atoms with van der Waals surface area (Å²) in [5.41, 5.74) is 1.41. The van der Waals surface area contributed by atoms with Crippen LogP contribution in [0.1, 0.15) is 43.7 Å². The summed E-state index contributed by atoms with van der Waals surface area (Å²) < 4.78 is 5.54. The average molecular weight is 416 g/mol. The first-order chi connectivity index (χ1) is 14.4. The van der Waals surface area contributed by atoms with E-state index in [0.29, 0.717) is 17.9 Å². The maximum atomic E-state index is 12.0. The molecule has 0 aromatic heterocycles. The summed E-state index contributed by atoms with van der Waals surface area (Å²) in [6, 6.07) is 9.19. The molecule has 0 saturated heterocycles. The van der Waals surface area contributed by atoms with Crippen molar-refractivity contribution < 1.29 is 29.6 Å². The van der Waals surface area contributed by atoms with Crippen molar-refractivity contribution in [2.75, 3.05) is 6.61 Å². The molecule has 2 aromatic carbocycles. The van der Waals surface area contributed by atoms with Gasteiger partial charge in [-0.25, -0.2) is 0 Å². The van der Waals surface area contributed by atoms with Gasteiger partial charge in [0.1, 0.15) is 0 Å². The number of benzene rings is 2. The minimum Gasteiger partial charge on any atom is -0.504 e. The van der Waals surface area contributed by atoms with Crippen molar-refractivity contribution in [2.45, 2.75) is 45.7 Å². The van der Waals surface area contributed by atoms with Crippen LogP contribution in [0.4, 0.5) is 0 Å². The summed E-state index contributed by atoms with van der Waals surface area (Å²) in [6.07, 6.45) is 1.93. The van der Waals surface area contributed by atoms with E-state index in [9.17, 15) is 24.9 Å². The van der Waals surface area contributed by atoms with Crippen LogP contribution < -0.4 is 15.4 Å². The predicted molar refractivity (Wildman–Crippen MR) is 111 cm³/mol. The van der Waals surface area contributed by atoms with Crippen LogP contribution in [0.5, 0.6) is 23.0 Å². The number of unbranched alkanes of at least 4 members (excludes halogenated alkanes) is 1. The van der Waals surface area contributed by atoms with Crippen molar-refractivity contribution >= 4 is 11.8 Å². The van der Waals surface area contributed by atoms with Gasteiger partial charge in [0.25, 0.3) is 0 Å². The molecule has 0 fully saturated rings. The third-order valence-electron chi connectivity index (χ3n) is 4.38. The van der Waals surface area contributed by atoms with Crippen LogP contribution in [0.3, 0.4) is 0 Å². The summed E-state index contributed by atoms with van der Waals surface area (Å²) in [6.45, 7) is 3.01. The van der Waals surface area contributed by atoms with Gasteiger partial charge in [0.05, 0.1) is 6.61 Å². The van der Waals surface area contributed by atoms with Crippen molar-refractivity contribution in [1.29, 1.82) is 0 Å². The molecule has 2 rings (SSSR count). The molecular formula is C22H28N2O6. The third kappa shape index (κ3) is 7.54. The number of phenols is 3. The van der Waals surface area contributed by atoms with Crippen LogP contribution in [0.15, 0.2) is 36.4 Å². The van der Waals surface area contributed by atoms with Gasteiger partial charge in [-0.1, -0.05) is 25.5 Å². The van der Waals surface area contributed by atoms with Crippen LogP contribution in [0.2, 0.25) is 0 Å². The van der Waals surface area contributed by atoms with Crippen molar-refractivity contribution in [3.05, 3.63) is 47.5 Å². The quantitative estimate of drug-likeness (QED) is 0.283. The molecule has 0 radical (unpaired) electrons. The van der Waals surface area contributed by atoms with E-state index >= 15 is 0 Å². The molecule has 0 aliphatic heterocycles. The number of aromatic hydroxyl groups is 3. The van der Waals surface area contributed by atoms with E-state index in [1.165, 1.54) is 18.2 Å². The van der Waals surface area contributed by atoms with Crippen molar-refractivity contribution in [3.63, 3.8) is 0 Å². The fourth-order valence-corrected chi connectivity index (χ4v) is 2.59. The van der Waals surface area contributed by atoms with E-state index in [0.717, 1.165) is 18.4 Å². The zero-order valence-electron chi connectivity index (χ0n) is 17.0. The standard InChI is InChI=1S/C22H28N2O6/c1-2-3-10-30-20-12-16(5-7-18(20)26)14-24-22(29)9-8-21(28)23-13-15-4-6-17(25)19(27)11-15/h4-7,11-12,25-27H,2-3,8-10,13-14H2,1H3,(H,23,28)(H,24,29). The number of phenolic OH excluding ortho intramolecular Hbond substituents is 3. The fourth-order valence-electron chi connectivity index (χ4n) is 2.59. The van der Waals surface area contributed by atoms with Crippen LogP contribution in [0.25, 0.3) is 0 Å². The highest BCUT2D eigenvalue weighted by Gasteiger charge is 2.09. The Kier molecular flexibility index (Phi) is 8.80. The first-order valence-corrected chi connectivity index (χ1v) is 9.88. The largest absolute Gasteiger partial charge is 0.504 e. The molecule has 30 heavy (non-hydrogen) atoms. The van der Waals surface area contributed by atoms with Crippen LogP contribution >= 0.6 is 0 Å². The first-order valence-electron chi connectivity index (χ1n) is 9.88. The number of hydrogen-bond donors (Lipinski definition) is 5. The molecule has 0 aliphatic carbocycles. The maximum Gasteiger partial charge on any atom is 0.220 e. The molecule has 0 unspecified atom stereocenters. The van der Waals surface area contributed by atoms with E-state index < -0.39 is 0 Å². The SMILES string of the molecule is CCCCOc1cc(CNC(=O)CCC(=O)NCc2ccc(O)c(O)c2)ccc1O. The minimum absolute atomic E-state index is 0.0247. The highest BCUT2D eigenvalue weighted by molar-refractivity contribution is 5.83. The minimum atomic E-state index is -0.297.